The number of hydrogen-bond acceptors (Lipinski definition) is 2. The van der Waals surface area contributed by atoms with Gasteiger partial charge >= 0.3 is 0 Å². The molecule has 0 aromatic rings. The van der Waals surface area contributed by atoms with Crippen LogP contribution in [0.15, 0.2) is 0 Å². The Bertz CT molecular complexity index is 176. The fourth-order valence-electron chi connectivity index (χ4n) is 2.70. The average molecular weight is 227 g/mol. The average Bonchev–Trinajstić information content (AvgIpc) is 2.27. The van der Waals surface area contributed by atoms with Gasteiger partial charge in [-0.1, -0.05) is 20.8 Å². The predicted molar refractivity (Wildman–Crippen MR) is 69.7 cm³/mol. The molecular formula is C14H29NO. The lowest BCUT2D eigenvalue weighted by molar-refractivity contribution is 0.0604. The molecule has 1 aliphatic heterocycles. The largest absolute Gasteiger partial charge is 0.381 e. The van der Waals surface area contributed by atoms with E-state index in [4.69, 9.17) is 4.74 Å². The van der Waals surface area contributed by atoms with E-state index in [1.165, 1.54) is 25.7 Å². The van der Waals surface area contributed by atoms with E-state index in [-0.39, 0.29) is 0 Å². The summed E-state index contributed by atoms with van der Waals surface area (Å²) in [4.78, 5) is 0. The molecule has 0 spiro atoms. The quantitative estimate of drug-likeness (QED) is 0.752. The molecule has 0 aliphatic carbocycles. The van der Waals surface area contributed by atoms with Crippen molar-refractivity contribution in [3.05, 3.63) is 0 Å². The van der Waals surface area contributed by atoms with E-state index < -0.39 is 0 Å². The zero-order valence-corrected chi connectivity index (χ0v) is 11.5. The van der Waals surface area contributed by atoms with Crippen molar-refractivity contribution in [2.75, 3.05) is 13.2 Å². The van der Waals surface area contributed by atoms with E-state index in [0.29, 0.717) is 12.1 Å². The molecule has 2 heteroatoms. The van der Waals surface area contributed by atoms with Crippen molar-refractivity contribution in [3.8, 4) is 0 Å². The molecule has 0 amide bonds. The summed E-state index contributed by atoms with van der Waals surface area (Å²) in [5, 5.41) is 3.77. The second kappa shape index (κ2) is 7.29. The number of hydrogen-bond donors (Lipinski definition) is 1. The molecule has 0 saturated carbocycles. The fraction of sp³-hybridized carbons (Fsp3) is 1.00. The zero-order chi connectivity index (χ0) is 12.0. The Labute approximate surface area is 101 Å². The van der Waals surface area contributed by atoms with Crippen LogP contribution < -0.4 is 5.32 Å². The van der Waals surface area contributed by atoms with Crippen molar-refractivity contribution < 1.29 is 4.74 Å². The minimum Gasteiger partial charge on any atom is -0.381 e. The molecule has 1 N–H and O–H groups in total. The van der Waals surface area contributed by atoms with E-state index in [0.717, 1.165) is 25.0 Å². The third kappa shape index (κ3) is 4.84. The topological polar surface area (TPSA) is 21.3 Å². The monoisotopic (exact) mass is 227 g/mol. The first-order chi connectivity index (χ1) is 7.63. The number of ether oxygens (including phenoxy) is 1. The van der Waals surface area contributed by atoms with Crippen molar-refractivity contribution in [1.82, 2.24) is 5.32 Å². The van der Waals surface area contributed by atoms with Crippen molar-refractivity contribution in [1.29, 1.82) is 0 Å². The first kappa shape index (κ1) is 14.0. The van der Waals surface area contributed by atoms with E-state index in [2.05, 4.69) is 33.0 Å². The van der Waals surface area contributed by atoms with Crippen LogP contribution in [0, 0.1) is 11.8 Å². The first-order valence-electron chi connectivity index (χ1n) is 6.97. The number of nitrogens with one attached hydrogen (secondary N) is 1. The van der Waals surface area contributed by atoms with Gasteiger partial charge in [0.05, 0.1) is 0 Å². The van der Waals surface area contributed by atoms with Gasteiger partial charge in [0.15, 0.2) is 0 Å². The van der Waals surface area contributed by atoms with Gasteiger partial charge in [-0.3, -0.25) is 0 Å². The minimum absolute atomic E-state index is 0.649. The van der Waals surface area contributed by atoms with Crippen LogP contribution in [0.4, 0.5) is 0 Å². The summed E-state index contributed by atoms with van der Waals surface area (Å²) >= 11 is 0. The second-order valence-electron chi connectivity index (χ2n) is 5.62. The highest BCUT2D eigenvalue weighted by Gasteiger charge is 2.19. The summed E-state index contributed by atoms with van der Waals surface area (Å²) in [6.45, 7) is 11.2. The van der Waals surface area contributed by atoms with E-state index in [1.807, 2.05) is 0 Å². The van der Waals surface area contributed by atoms with Gasteiger partial charge in [0, 0.05) is 25.3 Å². The maximum atomic E-state index is 5.40. The fourth-order valence-corrected chi connectivity index (χ4v) is 2.70. The van der Waals surface area contributed by atoms with Gasteiger partial charge in [-0.15, -0.1) is 0 Å². The SMILES string of the molecule is CCC(NC(C)CC1CCOCC1)C(C)C. The lowest BCUT2D eigenvalue weighted by Gasteiger charge is -2.29. The molecule has 2 unspecified atom stereocenters. The molecule has 1 fully saturated rings. The van der Waals surface area contributed by atoms with Gasteiger partial charge in [0.1, 0.15) is 0 Å². The molecule has 1 rings (SSSR count). The van der Waals surface area contributed by atoms with Crippen LogP contribution in [-0.4, -0.2) is 25.3 Å². The summed E-state index contributed by atoms with van der Waals surface area (Å²) in [5.41, 5.74) is 0. The summed E-state index contributed by atoms with van der Waals surface area (Å²) in [6.07, 6.45) is 5.05. The Morgan fingerprint density at radius 2 is 1.81 bits per heavy atom. The van der Waals surface area contributed by atoms with Crippen molar-refractivity contribution in [2.45, 2.75) is 65.5 Å². The third-order valence-electron chi connectivity index (χ3n) is 3.77. The van der Waals surface area contributed by atoms with Gasteiger partial charge < -0.3 is 10.1 Å². The number of rotatable bonds is 6. The van der Waals surface area contributed by atoms with Gasteiger partial charge in [-0.05, 0) is 44.4 Å². The van der Waals surface area contributed by atoms with Crippen molar-refractivity contribution in [3.63, 3.8) is 0 Å². The van der Waals surface area contributed by atoms with Gasteiger partial charge in [0.25, 0.3) is 0 Å². The van der Waals surface area contributed by atoms with Gasteiger partial charge in [-0.25, -0.2) is 0 Å². The Kier molecular flexibility index (Phi) is 6.37. The molecule has 96 valence electrons. The lowest BCUT2D eigenvalue weighted by atomic mass is 9.92. The molecule has 2 nitrogen and oxygen atoms in total. The molecule has 1 heterocycles. The molecule has 1 saturated heterocycles. The zero-order valence-electron chi connectivity index (χ0n) is 11.5. The minimum atomic E-state index is 0.649. The Morgan fingerprint density at radius 1 is 1.19 bits per heavy atom. The maximum Gasteiger partial charge on any atom is 0.0468 e. The van der Waals surface area contributed by atoms with Crippen molar-refractivity contribution >= 4 is 0 Å². The Hall–Kier alpha value is -0.0800. The van der Waals surface area contributed by atoms with Gasteiger partial charge in [0.2, 0.25) is 0 Å². The lowest BCUT2D eigenvalue weighted by Crippen LogP contribution is -2.40. The predicted octanol–water partition coefficient (Wildman–Crippen LogP) is 3.22. The molecule has 2 atom stereocenters. The summed E-state index contributed by atoms with van der Waals surface area (Å²) in [7, 11) is 0. The molecule has 0 bridgehead atoms. The Morgan fingerprint density at radius 3 is 2.31 bits per heavy atom. The summed E-state index contributed by atoms with van der Waals surface area (Å²) < 4.78 is 5.40. The summed E-state index contributed by atoms with van der Waals surface area (Å²) in [6, 6.07) is 1.32. The maximum absolute atomic E-state index is 5.40. The van der Waals surface area contributed by atoms with Crippen LogP contribution in [-0.2, 0) is 4.74 Å². The first-order valence-corrected chi connectivity index (χ1v) is 6.97. The molecule has 0 radical (unpaired) electrons. The smallest absolute Gasteiger partial charge is 0.0468 e. The standard InChI is InChI=1S/C14H29NO/c1-5-14(11(2)3)15-12(4)10-13-6-8-16-9-7-13/h11-15H,5-10H2,1-4H3. The second-order valence-corrected chi connectivity index (χ2v) is 5.62. The Balaban J connectivity index is 2.25. The molecule has 16 heavy (non-hydrogen) atoms. The molecule has 0 aromatic carbocycles. The van der Waals surface area contributed by atoms with E-state index in [1.54, 1.807) is 0 Å². The molecule has 0 aromatic heterocycles. The third-order valence-corrected chi connectivity index (χ3v) is 3.77. The normalized spacial score (nSPS) is 22.3. The molecular weight excluding hydrogens is 198 g/mol. The highest BCUT2D eigenvalue weighted by molar-refractivity contribution is 4.76. The summed E-state index contributed by atoms with van der Waals surface area (Å²) in [5.74, 6) is 1.61. The van der Waals surface area contributed by atoms with Crippen LogP contribution in [0.2, 0.25) is 0 Å². The van der Waals surface area contributed by atoms with E-state index in [9.17, 15) is 0 Å². The van der Waals surface area contributed by atoms with E-state index >= 15 is 0 Å². The van der Waals surface area contributed by atoms with Crippen LogP contribution in [0.1, 0.15) is 53.4 Å². The molecule has 1 aliphatic rings. The van der Waals surface area contributed by atoms with Crippen LogP contribution in [0.5, 0.6) is 0 Å². The van der Waals surface area contributed by atoms with Crippen molar-refractivity contribution in [2.24, 2.45) is 11.8 Å². The van der Waals surface area contributed by atoms with Crippen LogP contribution >= 0.6 is 0 Å². The highest BCUT2D eigenvalue weighted by atomic mass is 16.5. The van der Waals surface area contributed by atoms with Gasteiger partial charge in [-0.2, -0.15) is 0 Å². The van der Waals surface area contributed by atoms with Crippen LogP contribution in [0.25, 0.3) is 0 Å². The highest BCUT2D eigenvalue weighted by Crippen LogP contribution is 2.20. The van der Waals surface area contributed by atoms with Crippen LogP contribution in [0.3, 0.4) is 0 Å².